The summed E-state index contributed by atoms with van der Waals surface area (Å²) in [4.78, 5) is 41.6. The van der Waals surface area contributed by atoms with Crippen molar-refractivity contribution in [1.29, 1.82) is 0 Å². The first kappa shape index (κ1) is 16.5. The molecule has 0 aliphatic rings. The van der Waals surface area contributed by atoms with Crippen molar-refractivity contribution in [3.63, 3.8) is 0 Å². The zero-order chi connectivity index (χ0) is 16.9. The molecule has 0 spiro atoms. The highest BCUT2D eigenvalue weighted by atomic mass is 16.6. The van der Waals surface area contributed by atoms with Gasteiger partial charge in [-0.3, -0.25) is 35.2 Å². The number of benzene rings is 1. The smallest absolute Gasteiger partial charge is 0.301 e. The van der Waals surface area contributed by atoms with Crippen LogP contribution in [0.2, 0.25) is 0 Å². The monoisotopic (exact) mass is 310 g/mol. The highest BCUT2D eigenvalue weighted by molar-refractivity contribution is 6.41. The van der Waals surface area contributed by atoms with Crippen LogP contribution in [-0.2, 0) is 9.59 Å². The van der Waals surface area contributed by atoms with Crippen LogP contribution in [-0.4, -0.2) is 27.4 Å². The van der Waals surface area contributed by atoms with Crippen LogP contribution in [0.3, 0.4) is 0 Å². The molecule has 0 fully saturated rings. The Kier molecular flexibility index (Phi) is 5.05. The number of carbonyl (C=O) groups is 2. The lowest BCUT2D eigenvalue weighted by atomic mass is 10.2. The Labute approximate surface area is 122 Å². The highest BCUT2D eigenvalue weighted by Crippen LogP contribution is 2.28. The van der Waals surface area contributed by atoms with Gasteiger partial charge in [0.05, 0.1) is 22.3 Å². The summed E-state index contributed by atoms with van der Waals surface area (Å²) in [6.07, 6.45) is -0.566. The minimum atomic E-state index is -1.05. The van der Waals surface area contributed by atoms with Crippen molar-refractivity contribution in [2.24, 2.45) is 16.6 Å². The van der Waals surface area contributed by atoms with Crippen molar-refractivity contribution < 1.29 is 19.4 Å². The molecule has 0 aliphatic heterocycles. The van der Waals surface area contributed by atoms with Gasteiger partial charge < -0.3 is 11.5 Å². The van der Waals surface area contributed by atoms with Crippen LogP contribution < -0.4 is 16.9 Å². The lowest BCUT2D eigenvalue weighted by Crippen LogP contribution is -2.29. The number of nitro groups is 2. The number of amides is 2. The maximum Gasteiger partial charge on any atom is 0.301 e. The van der Waals surface area contributed by atoms with Gasteiger partial charge in [-0.05, 0) is 6.07 Å². The Morgan fingerprint density at radius 2 is 1.82 bits per heavy atom. The fourth-order valence-corrected chi connectivity index (χ4v) is 1.35. The molecule has 22 heavy (non-hydrogen) atoms. The summed E-state index contributed by atoms with van der Waals surface area (Å²) in [6, 6.07) is 2.75. The minimum absolute atomic E-state index is 0.223. The summed E-state index contributed by atoms with van der Waals surface area (Å²) in [5.41, 5.74) is 10.2. The Balaban J connectivity index is 3.16. The van der Waals surface area contributed by atoms with Gasteiger partial charge in [0, 0.05) is 6.07 Å². The number of rotatable bonds is 7. The summed E-state index contributed by atoms with van der Waals surface area (Å²) in [5, 5.41) is 24.9. The standard InChI is InChI=1S/C10H10N6O6/c11-9(17)4-7(10(12)18)14-13-6-2-1-5(15(19)20)3-8(6)16(21)22/h1-3,13H,4H2,(H2,11,17)(H2,12,18)/b14-7+. The topological polar surface area (TPSA) is 197 Å². The van der Waals surface area contributed by atoms with E-state index in [1.165, 1.54) is 0 Å². The van der Waals surface area contributed by atoms with E-state index < -0.39 is 45.2 Å². The largest absolute Gasteiger partial charge is 0.369 e. The number of carbonyl (C=O) groups excluding carboxylic acids is 2. The van der Waals surface area contributed by atoms with E-state index in [0.29, 0.717) is 0 Å². The van der Waals surface area contributed by atoms with Crippen LogP contribution in [0, 0.1) is 20.2 Å². The number of non-ortho nitro benzene ring substituents is 1. The van der Waals surface area contributed by atoms with E-state index in [9.17, 15) is 29.8 Å². The van der Waals surface area contributed by atoms with Gasteiger partial charge in [-0.2, -0.15) is 5.10 Å². The number of nitrogens with zero attached hydrogens (tertiary/aromatic N) is 3. The third kappa shape index (κ3) is 4.22. The molecule has 0 aromatic heterocycles. The summed E-state index contributed by atoms with van der Waals surface area (Å²) in [5.74, 6) is -1.92. The van der Waals surface area contributed by atoms with Crippen molar-refractivity contribution in [2.45, 2.75) is 6.42 Å². The second-order valence-electron chi connectivity index (χ2n) is 3.89. The number of nitro benzene ring substituents is 2. The molecule has 12 heteroatoms. The molecule has 0 saturated carbocycles. The van der Waals surface area contributed by atoms with Crippen LogP contribution in [0.15, 0.2) is 23.3 Å². The molecule has 1 aromatic rings. The summed E-state index contributed by atoms with van der Waals surface area (Å²) in [6.45, 7) is 0. The molecular formula is C10H10N6O6. The van der Waals surface area contributed by atoms with E-state index in [0.717, 1.165) is 18.2 Å². The second kappa shape index (κ2) is 6.74. The molecule has 1 aromatic carbocycles. The van der Waals surface area contributed by atoms with Crippen molar-refractivity contribution >= 4 is 34.6 Å². The van der Waals surface area contributed by atoms with Gasteiger partial charge in [0.2, 0.25) is 5.91 Å². The Morgan fingerprint density at radius 1 is 1.18 bits per heavy atom. The molecule has 1 rings (SSSR count). The van der Waals surface area contributed by atoms with E-state index in [2.05, 4.69) is 10.5 Å². The number of nitrogens with one attached hydrogen (secondary N) is 1. The van der Waals surface area contributed by atoms with Crippen molar-refractivity contribution in [3.8, 4) is 0 Å². The fraction of sp³-hybridized carbons (Fsp3) is 0.100. The molecule has 116 valence electrons. The van der Waals surface area contributed by atoms with Crippen LogP contribution in [0.5, 0.6) is 0 Å². The number of nitrogens with two attached hydrogens (primary N) is 2. The first-order valence-corrected chi connectivity index (χ1v) is 5.56. The fourth-order valence-electron chi connectivity index (χ4n) is 1.35. The van der Waals surface area contributed by atoms with Gasteiger partial charge in [-0.15, -0.1) is 0 Å². The molecular weight excluding hydrogens is 300 g/mol. The van der Waals surface area contributed by atoms with E-state index >= 15 is 0 Å². The Bertz CT molecular complexity index is 684. The van der Waals surface area contributed by atoms with E-state index in [1.54, 1.807) is 0 Å². The zero-order valence-corrected chi connectivity index (χ0v) is 10.9. The molecule has 0 unspecified atom stereocenters. The summed E-state index contributed by atoms with van der Waals surface area (Å²) >= 11 is 0. The predicted octanol–water partition coefficient (Wildman–Crippen LogP) is -0.368. The zero-order valence-electron chi connectivity index (χ0n) is 10.9. The van der Waals surface area contributed by atoms with Gasteiger partial charge >= 0.3 is 5.69 Å². The third-order valence-electron chi connectivity index (χ3n) is 2.33. The molecule has 0 heterocycles. The summed E-state index contributed by atoms with van der Waals surface area (Å²) in [7, 11) is 0. The number of hydrogen-bond donors (Lipinski definition) is 3. The predicted molar refractivity (Wildman–Crippen MR) is 73.8 cm³/mol. The maximum atomic E-state index is 11.0. The molecule has 0 saturated heterocycles. The lowest BCUT2D eigenvalue weighted by Gasteiger charge is -2.04. The average molecular weight is 310 g/mol. The van der Waals surface area contributed by atoms with Gasteiger partial charge in [0.25, 0.3) is 11.6 Å². The molecule has 2 amide bonds. The number of anilines is 1. The maximum absolute atomic E-state index is 11.0. The average Bonchev–Trinajstić information content (AvgIpc) is 2.42. The molecule has 0 radical (unpaired) electrons. The number of hydrazone groups is 1. The Hall–Kier alpha value is -3.57. The van der Waals surface area contributed by atoms with Gasteiger partial charge in [0.1, 0.15) is 11.4 Å². The molecule has 0 bridgehead atoms. The summed E-state index contributed by atoms with van der Waals surface area (Å²) < 4.78 is 0. The van der Waals surface area contributed by atoms with Crippen molar-refractivity contribution in [2.75, 3.05) is 5.43 Å². The van der Waals surface area contributed by atoms with Crippen LogP contribution in [0.4, 0.5) is 17.1 Å². The molecule has 0 atom stereocenters. The molecule has 5 N–H and O–H groups in total. The van der Waals surface area contributed by atoms with Crippen LogP contribution >= 0.6 is 0 Å². The molecule has 0 aliphatic carbocycles. The number of primary amides is 2. The number of hydrogen-bond acceptors (Lipinski definition) is 8. The lowest BCUT2D eigenvalue weighted by molar-refractivity contribution is -0.393. The van der Waals surface area contributed by atoms with E-state index in [-0.39, 0.29) is 5.69 Å². The van der Waals surface area contributed by atoms with Crippen LogP contribution in [0.25, 0.3) is 0 Å². The SMILES string of the molecule is NC(=O)C/C(=N\Nc1ccc([N+](=O)[O-])cc1[N+](=O)[O-])C(N)=O. The van der Waals surface area contributed by atoms with Crippen molar-refractivity contribution in [3.05, 3.63) is 38.4 Å². The minimum Gasteiger partial charge on any atom is -0.369 e. The molecule has 12 nitrogen and oxygen atoms in total. The highest BCUT2D eigenvalue weighted by Gasteiger charge is 2.20. The van der Waals surface area contributed by atoms with E-state index in [4.69, 9.17) is 11.5 Å². The van der Waals surface area contributed by atoms with Gasteiger partial charge in [0.15, 0.2) is 0 Å². The van der Waals surface area contributed by atoms with Gasteiger partial charge in [-0.1, -0.05) is 0 Å². The van der Waals surface area contributed by atoms with Gasteiger partial charge in [-0.25, -0.2) is 0 Å². The first-order valence-electron chi connectivity index (χ1n) is 5.56. The normalized spacial score (nSPS) is 10.8. The Morgan fingerprint density at radius 3 is 2.27 bits per heavy atom. The first-order chi connectivity index (χ1) is 10.2. The van der Waals surface area contributed by atoms with E-state index in [1.807, 2.05) is 0 Å². The second-order valence-corrected chi connectivity index (χ2v) is 3.89. The quantitative estimate of drug-likeness (QED) is 0.346. The van der Waals surface area contributed by atoms with Crippen molar-refractivity contribution in [1.82, 2.24) is 0 Å². The van der Waals surface area contributed by atoms with Crippen LogP contribution in [0.1, 0.15) is 6.42 Å². The third-order valence-corrected chi connectivity index (χ3v) is 2.33.